The van der Waals surface area contributed by atoms with Crippen LogP contribution in [0.4, 0.5) is 5.69 Å². The number of carbonyl (C=O) groups excluding carboxylic acids is 2. The molecule has 28 heavy (non-hydrogen) atoms. The van der Waals surface area contributed by atoms with Crippen molar-refractivity contribution in [2.75, 3.05) is 18.1 Å². The standard InChI is InChI=1S/C21H18N2O3S2/c1-13-2-4-14(5-3-13)8-9-23-16-10-15(6-7-17(16)26-12-19(23)24)11-18-20(25)22-21(27)28-18/h2-7,10-11H,8-9,12H2,1H3,(H,22,25,27)/b18-11+. The van der Waals surface area contributed by atoms with E-state index in [9.17, 15) is 9.59 Å². The first-order valence-corrected chi connectivity index (χ1v) is 10.1. The molecule has 0 bridgehead atoms. The number of nitrogens with zero attached hydrogens (tertiary/aromatic N) is 1. The van der Waals surface area contributed by atoms with Gasteiger partial charge in [0.15, 0.2) is 6.61 Å². The Morgan fingerprint density at radius 1 is 1.21 bits per heavy atom. The minimum atomic E-state index is -0.198. The van der Waals surface area contributed by atoms with Crippen LogP contribution in [0.3, 0.4) is 0 Å². The Morgan fingerprint density at radius 2 is 2.00 bits per heavy atom. The first-order valence-electron chi connectivity index (χ1n) is 8.87. The van der Waals surface area contributed by atoms with E-state index in [-0.39, 0.29) is 18.4 Å². The molecule has 1 N–H and O–H groups in total. The van der Waals surface area contributed by atoms with Crippen molar-refractivity contribution in [1.82, 2.24) is 5.32 Å². The molecule has 2 amide bonds. The van der Waals surface area contributed by atoms with E-state index in [4.69, 9.17) is 17.0 Å². The molecule has 2 aliphatic rings. The van der Waals surface area contributed by atoms with E-state index < -0.39 is 0 Å². The fourth-order valence-electron chi connectivity index (χ4n) is 3.12. The number of fused-ring (bicyclic) bond motifs is 1. The van der Waals surface area contributed by atoms with Crippen molar-refractivity contribution in [1.29, 1.82) is 0 Å². The molecule has 5 nitrogen and oxygen atoms in total. The Bertz CT molecular complexity index is 999. The van der Waals surface area contributed by atoms with Gasteiger partial charge in [-0.1, -0.05) is 59.9 Å². The number of hydrogen-bond donors (Lipinski definition) is 1. The zero-order valence-corrected chi connectivity index (χ0v) is 16.9. The first kappa shape index (κ1) is 18.7. The number of anilines is 1. The van der Waals surface area contributed by atoms with Crippen LogP contribution in [0.25, 0.3) is 6.08 Å². The van der Waals surface area contributed by atoms with Gasteiger partial charge in [-0.25, -0.2) is 0 Å². The zero-order chi connectivity index (χ0) is 19.7. The van der Waals surface area contributed by atoms with Gasteiger partial charge in [0.1, 0.15) is 10.1 Å². The van der Waals surface area contributed by atoms with Gasteiger partial charge < -0.3 is 15.0 Å². The van der Waals surface area contributed by atoms with Gasteiger partial charge in [0.05, 0.1) is 10.6 Å². The number of amides is 2. The van der Waals surface area contributed by atoms with Gasteiger partial charge in [0, 0.05) is 6.54 Å². The first-order chi connectivity index (χ1) is 13.5. The van der Waals surface area contributed by atoms with Crippen molar-refractivity contribution in [3.05, 3.63) is 64.1 Å². The van der Waals surface area contributed by atoms with Crippen LogP contribution in [0.2, 0.25) is 0 Å². The van der Waals surface area contributed by atoms with Crippen molar-refractivity contribution in [3.8, 4) is 5.75 Å². The van der Waals surface area contributed by atoms with E-state index in [0.717, 1.165) is 17.7 Å². The second-order valence-corrected chi connectivity index (χ2v) is 8.37. The van der Waals surface area contributed by atoms with Gasteiger partial charge in [-0.2, -0.15) is 0 Å². The molecular formula is C21H18N2O3S2. The molecule has 0 unspecified atom stereocenters. The van der Waals surface area contributed by atoms with Crippen molar-refractivity contribution in [2.24, 2.45) is 0 Å². The number of hydrogen-bond acceptors (Lipinski definition) is 5. The van der Waals surface area contributed by atoms with Gasteiger partial charge in [-0.15, -0.1) is 0 Å². The highest BCUT2D eigenvalue weighted by Gasteiger charge is 2.26. The fourth-order valence-corrected chi connectivity index (χ4v) is 4.17. The maximum absolute atomic E-state index is 12.5. The van der Waals surface area contributed by atoms with Crippen LogP contribution in [0, 0.1) is 6.92 Å². The van der Waals surface area contributed by atoms with E-state index in [2.05, 4.69) is 36.5 Å². The Kier molecular flexibility index (Phi) is 5.19. The normalized spacial score (nSPS) is 17.5. The lowest BCUT2D eigenvalue weighted by atomic mass is 10.1. The Morgan fingerprint density at radius 3 is 2.71 bits per heavy atom. The summed E-state index contributed by atoms with van der Waals surface area (Å²) >= 11 is 6.26. The van der Waals surface area contributed by atoms with Gasteiger partial charge >= 0.3 is 0 Å². The average Bonchev–Trinajstić information content (AvgIpc) is 2.99. The van der Waals surface area contributed by atoms with Crippen molar-refractivity contribution >= 4 is 51.9 Å². The molecule has 0 saturated carbocycles. The molecular weight excluding hydrogens is 392 g/mol. The molecule has 2 aromatic rings. The Balaban J connectivity index is 1.59. The van der Waals surface area contributed by atoms with Crippen molar-refractivity contribution in [3.63, 3.8) is 0 Å². The summed E-state index contributed by atoms with van der Waals surface area (Å²) in [4.78, 5) is 26.7. The molecule has 2 aliphatic heterocycles. The predicted molar refractivity (Wildman–Crippen MR) is 115 cm³/mol. The predicted octanol–water partition coefficient (Wildman–Crippen LogP) is 3.45. The molecule has 0 spiro atoms. The van der Waals surface area contributed by atoms with Gasteiger partial charge in [0.25, 0.3) is 11.8 Å². The number of carbonyl (C=O) groups is 2. The lowest BCUT2D eigenvalue weighted by Gasteiger charge is -2.29. The van der Waals surface area contributed by atoms with Crippen molar-refractivity contribution < 1.29 is 14.3 Å². The summed E-state index contributed by atoms with van der Waals surface area (Å²) in [5.41, 5.74) is 3.93. The van der Waals surface area contributed by atoms with Gasteiger partial charge in [0.2, 0.25) is 0 Å². The van der Waals surface area contributed by atoms with Gasteiger partial charge in [-0.3, -0.25) is 9.59 Å². The zero-order valence-electron chi connectivity index (χ0n) is 15.2. The summed E-state index contributed by atoms with van der Waals surface area (Å²) in [6.07, 6.45) is 2.53. The molecule has 2 aromatic carbocycles. The van der Waals surface area contributed by atoms with Gasteiger partial charge in [-0.05, 0) is 42.7 Å². The molecule has 0 radical (unpaired) electrons. The third-order valence-electron chi connectivity index (χ3n) is 4.61. The highest BCUT2D eigenvalue weighted by Crippen LogP contribution is 2.35. The summed E-state index contributed by atoms with van der Waals surface area (Å²) in [6, 6.07) is 13.9. The summed E-state index contributed by atoms with van der Waals surface area (Å²) in [5.74, 6) is 0.402. The quantitative estimate of drug-likeness (QED) is 0.618. The van der Waals surface area contributed by atoms with E-state index >= 15 is 0 Å². The molecule has 4 rings (SSSR count). The topological polar surface area (TPSA) is 58.6 Å². The molecule has 0 aliphatic carbocycles. The molecule has 0 atom stereocenters. The highest BCUT2D eigenvalue weighted by molar-refractivity contribution is 8.26. The number of ether oxygens (including phenoxy) is 1. The average molecular weight is 411 g/mol. The van der Waals surface area contributed by atoms with E-state index in [0.29, 0.717) is 21.5 Å². The number of aryl methyl sites for hydroxylation is 1. The molecule has 2 heterocycles. The number of thioether (sulfide) groups is 1. The van der Waals surface area contributed by atoms with Crippen LogP contribution in [0.15, 0.2) is 47.4 Å². The Hall–Kier alpha value is -2.64. The van der Waals surface area contributed by atoms with Crippen LogP contribution < -0.4 is 15.0 Å². The molecule has 142 valence electrons. The second kappa shape index (κ2) is 7.77. The summed E-state index contributed by atoms with van der Waals surface area (Å²) in [5, 5.41) is 2.61. The number of benzene rings is 2. The van der Waals surface area contributed by atoms with E-state index in [1.807, 2.05) is 18.2 Å². The maximum atomic E-state index is 12.5. The fraction of sp³-hybridized carbons (Fsp3) is 0.190. The molecule has 1 fully saturated rings. The molecule has 7 heteroatoms. The smallest absolute Gasteiger partial charge is 0.265 e. The lowest BCUT2D eigenvalue weighted by Crippen LogP contribution is -2.40. The SMILES string of the molecule is Cc1ccc(CCN2C(=O)COc3ccc(/C=C4/SC(=S)NC4=O)cc32)cc1. The monoisotopic (exact) mass is 410 g/mol. The third kappa shape index (κ3) is 3.95. The summed E-state index contributed by atoms with van der Waals surface area (Å²) in [6.45, 7) is 2.66. The van der Waals surface area contributed by atoms with E-state index in [1.54, 1.807) is 11.0 Å². The lowest BCUT2D eigenvalue weighted by molar-refractivity contribution is -0.121. The largest absolute Gasteiger partial charge is 0.482 e. The van der Waals surface area contributed by atoms with Crippen molar-refractivity contribution in [2.45, 2.75) is 13.3 Å². The summed E-state index contributed by atoms with van der Waals surface area (Å²) < 4.78 is 6.03. The molecule has 1 saturated heterocycles. The van der Waals surface area contributed by atoms with Crippen LogP contribution in [-0.4, -0.2) is 29.3 Å². The van der Waals surface area contributed by atoms with Crippen LogP contribution in [0.5, 0.6) is 5.75 Å². The minimum Gasteiger partial charge on any atom is -0.482 e. The maximum Gasteiger partial charge on any atom is 0.265 e. The number of nitrogens with one attached hydrogen (secondary N) is 1. The van der Waals surface area contributed by atoms with E-state index in [1.165, 1.54) is 22.9 Å². The second-order valence-electron chi connectivity index (χ2n) is 6.65. The molecule has 0 aromatic heterocycles. The number of thiocarbonyl (C=S) groups is 1. The minimum absolute atomic E-state index is 0.0356. The highest BCUT2D eigenvalue weighted by atomic mass is 32.2. The third-order valence-corrected chi connectivity index (χ3v) is 5.77. The number of rotatable bonds is 4. The van der Waals surface area contributed by atoms with Crippen LogP contribution in [0.1, 0.15) is 16.7 Å². The summed E-state index contributed by atoms with van der Waals surface area (Å²) in [7, 11) is 0. The van der Waals surface area contributed by atoms with Crippen LogP contribution >= 0.6 is 24.0 Å². The Labute approximate surface area is 172 Å². The van der Waals surface area contributed by atoms with Crippen LogP contribution in [-0.2, 0) is 16.0 Å².